The molecule has 1 saturated heterocycles. The van der Waals surface area contributed by atoms with E-state index >= 15 is 0 Å². The summed E-state index contributed by atoms with van der Waals surface area (Å²) in [7, 11) is 0. The average molecular weight is 143 g/mol. The van der Waals surface area contributed by atoms with E-state index in [2.05, 4.69) is 0 Å². The van der Waals surface area contributed by atoms with Gasteiger partial charge < -0.3 is 0 Å². The van der Waals surface area contributed by atoms with Gasteiger partial charge in [-0.15, -0.1) is 0 Å². The van der Waals surface area contributed by atoms with Gasteiger partial charge in [-0.25, -0.2) is 0 Å². The zero-order valence-corrected chi connectivity index (χ0v) is 5.87. The van der Waals surface area contributed by atoms with Crippen molar-refractivity contribution in [3.8, 4) is 0 Å². The number of hydrogen-bond donors (Lipinski definition) is 1. The number of imide groups is 1. The Hall–Kier alpha value is -0.900. The molecule has 0 aromatic rings. The molecule has 0 aromatic carbocycles. The van der Waals surface area contributed by atoms with Crippen LogP contribution in [-0.4, -0.2) is 22.1 Å². The van der Waals surface area contributed by atoms with Crippen LogP contribution in [0.25, 0.3) is 0 Å². The van der Waals surface area contributed by atoms with E-state index < -0.39 is 11.8 Å². The van der Waals surface area contributed by atoms with Gasteiger partial charge >= 0.3 is 0 Å². The molecule has 4 heteroatoms. The molecule has 0 radical (unpaired) electrons. The SMILES string of the molecule is C[C@@H]1C(=O)N(O)C(=O)[C@@H]1C. The Labute approximate surface area is 58.4 Å². The highest BCUT2D eigenvalue weighted by molar-refractivity contribution is 6.03. The van der Waals surface area contributed by atoms with Crippen LogP contribution in [0.3, 0.4) is 0 Å². The fraction of sp³-hybridized carbons (Fsp3) is 0.667. The zero-order chi connectivity index (χ0) is 7.89. The van der Waals surface area contributed by atoms with Crippen molar-refractivity contribution in [1.29, 1.82) is 0 Å². The summed E-state index contributed by atoms with van der Waals surface area (Å²) < 4.78 is 0. The molecule has 0 spiro atoms. The van der Waals surface area contributed by atoms with Crippen LogP contribution < -0.4 is 0 Å². The van der Waals surface area contributed by atoms with Gasteiger partial charge in [0.05, 0.1) is 0 Å². The quantitative estimate of drug-likeness (QED) is 0.384. The second kappa shape index (κ2) is 2.05. The maximum Gasteiger partial charge on any atom is 0.256 e. The first-order valence-electron chi connectivity index (χ1n) is 3.12. The van der Waals surface area contributed by atoms with Crippen LogP contribution in [0.5, 0.6) is 0 Å². The number of hydroxylamine groups is 2. The summed E-state index contributed by atoms with van der Waals surface area (Å²) in [4.78, 5) is 21.6. The van der Waals surface area contributed by atoms with Crippen molar-refractivity contribution in [2.45, 2.75) is 13.8 Å². The number of carbonyl (C=O) groups excluding carboxylic acids is 2. The van der Waals surface area contributed by atoms with E-state index in [0.717, 1.165) is 0 Å². The maximum absolute atomic E-state index is 10.8. The van der Waals surface area contributed by atoms with Crippen LogP contribution in [0.4, 0.5) is 0 Å². The lowest BCUT2D eigenvalue weighted by atomic mass is 10.00. The van der Waals surface area contributed by atoms with Crippen LogP contribution in [-0.2, 0) is 9.59 Å². The van der Waals surface area contributed by atoms with Gasteiger partial charge in [0.2, 0.25) is 0 Å². The monoisotopic (exact) mass is 143 g/mol. The summed E-state index contributed by atoms with van der Waals surface area (Å²) in [5, 5.41) is 8.94. The molecule has 1 aliphatic rings. The summed E-state index contributed by atoms with van der Waals surface area (Å²) >= 11 is 0. The molecule has 1 rings (SSSR count). The molecule has 2 atom stereocenters. The predicted octanol–water partition coefficient (Wildman–Crippen LogP) is 0.0166. The number of amides is 2. The Morgan fingerprint density at radius 2 is 1.50 bits per heavy atom. The highest BCUT2D eigenvalue weighted by Gasteiger charge is 2.41. The molecule has 56 valence electrons. The van der Waals surface area contributed by atoms with Crippen LogP contribution >= 0.6 is 0 Å². The average Bonchev–Trinajstić information content (AvgIpc) is 2.07. The van der Waals surface area contributed by atoms with Gasteiger partial charge in [0.1, 0.15) is 0 Å². The lowest BCUT2D eigenvalue weighted by molar-refractivity contribution is -0.172. The zero-order valence-electron chi connectivity index (χ0n) is 5.87. The Morgan fingerprint density at radius 3 is 1.60 bits per heavy atom. The second-order valence-electron chi connectivity index (χ2n) is 2.57. The normalized spacial score (nSPS) is 33.7. The molecule has 1 N–H and O–H groups in total. The van der Waals surface area contributed by atoms with Crippen molar-refractivity contribution in [2.75, 3.05) is 0 Å². The minimum Gasteiger partial charge on any atom is -0.278 e. The van der Waals surface area contributed by atoms with Gasteiger partial charge in [-0.2, -0.15) is 5.06 Å². The van der Waals surface area contributed by atoms with Crippen LogP contribution in [0.2, 0.25) is 0 Å². The molecule has 2 amide bonds. The summed E-state index contributed by atoms with van der Waals surface area (Å²) in [5.74, 6) is -1.76. The standard InChI is InChI=1S/C6H9NO3/c1-3-4(2)6(9)7(10)5(3)8/h3-4,10H,1-2H3/t3-,4+. The van der Waals surface area contributed by atoms with Gasteiger partial charge in [0.15, 0.2) is 0 Å². The first kappa shape index (κ1) is 7.21. The number of rotatable bonds is 0. The third-order valence-electron chi connectivity index (χ3n) is 1.95. The first-order chi connectivity index (χ1) is 4.55. The van der Waals surface area contributed by atoms with Gasteiger partial charge in [-0.3, -0.25) is 14.8 Å². The van der Waals surface area contributed by atoms with Crippen molar-refractivity contribution < 1.29 is 14.8 Å². The van der Waals surface area contributed by atoms with E-state index in [1.165, 1.54) is 0 Å². The smallest absolute Gasteiger partial charge is 0.256 e. The molecular weight excluding hydrogens is 134 g/mol. The highest BCUT2D eigenvalue weighted by atomic mass is 16.5. The lowest BCUT2D eigenvalue weighted by Gasteiger charge is -2.00. The van der Waals surface area contributed by atoms with Crippen molar-refractivity contribution in [1.82, 2.24) is 5.06 Å². The van der Waals surface area contributed by atoms with Crippen LogP contribution in [0, 0.1) is 11.8 Å². The Balaban J connectivity index is 2.89. The van der Waals surface area contributed by atoms with Crippen molar-refractivity contribution in [3.63, 3.8) is 0 Å². The summed E-state index contributed by atoms with van der Waals surface area (Å²) in [6.07, 6.45) is 0. The Kier molecular flexibility index (Phi) is 1.48. The van der Waals surface area contributed by atoms with Gasteiger partial charge in [0, 0.05) is 11.8 Å². The second-order valence-corrected chi connectivity index (χ2v) is 2.57. The van der Waals surface area contributed by atoms with E-state index in [0.29, 0.717) is 0 Å². The molecule has 0 aliphatic carbocycles. The Morgan fingerprint density at radius 1 is 1.20 bits per heavy atom. The summed E-state index contributed by atoms with van der Waals surface area (Å²) in [5.41, 5.74) is 0. The molecule has 1 aliphatic heterocycles. The molecule has 0 bridgehead atoms. The number of hydrogen-bond acceptors (Lipinski definition) is 3. The van der Waals surface area contributed by atoms with E-state index in [1.807, 2.05) is 0 Å². The van der Waals surface area contributed by atoms with Gasteiger partial charge in [-0.1, -0.05) is 13.8 Å². The van der Waals surface area contributed by atoms with Crippen molar-refractivity contribution >= 4 is 11.8 Å². The first-order valence-corrected chi connectivity index (χ1v) is 3.12. The molecule has 10 heavy (non-hydrogen) atoms. The minimum absolute atomic E-state index is 0.204. The molecule has 0 aromatic heterocycles. The minimum atomic E-state index is -0.502. The number of nitrogens with zero attached hydrogens (tertiary/aromatic N) is 1. The Bertz CT molecular complexity index is 169. The van der Waals surface area contributed by atoms with Gasteiger partial charge in [0.25, 0.3) is 11.8 Å². The van der Waals surface area contributed by atoms with E-state index in [9.17, 15) is 9.59 Å². The summed E-state index contributed by atoms with van der Waals surface area (Å²) in [6.45, 7) is 3.25. The molecule has 1 heterocycles. The van der Waals surface area contributed by atoms with Gasteiger partial charge in [-0.05, 0) is 0 Å². The molecule has 4 nitrogen and oxygen atoms in total. The van der Waals surface area contributed by atoms with E-state index in [4.69, 9.17) is 5.21 Å². The fourth-order valence-electron chi connectivity index (χ4n) is 0.922. The lowest BCUT2D eigenvalue weighted by Crippen LogP contribution is -2.26. The molecular formula is C6H9NO3. The van der Waals surface area contributed by atoms with E-state index in [1.54, 1.807) is 13.8 Å². The highest BCUT2D eigenvalue weighted by Crippen LogP contribution is 2.23. The number of carbonyl (C=O) groups is 2. The van der Waals surface area contributed by atoms with Crippen LogP contribution in [0.1, 0.15) is 13.8 Å². The molecule has 1 fully saturated rings. The molecule has 0 unspecified atom stereocenters. The predicted molar refractivity (Wildman–Crippen MR) is 32.0 cm³/mol. The van der Waals surface area contributed by atoms with Crippen molar-refractivity contribution in [2.24, 2.45) is 11.8 Å². The van der Waals surface area contributed by atoms with Crippen LogP contribution in [0.15, 0.2) is 0 Å². The van der Waals surface area contributed by atoms with E-state index in [-0.39, 0.29) is 16.9 Å². The fourth-order valence-corrected chi connectivity index (χ4v) is 0.922. The summed E-state index contributed by atoms with van der Waals surface area (Å²) in [6, 6.07) is 0. The largest absolute Gasteiger partial charge is 0.278 e. The maximum atomic E-state index is 10.8. The topological polar surface area (TPSA) is 57.6 Å². The van der Waals surface area contributed by atoms with Crippen molar-refractivity contribution in [3.05, 3.63) is 0 Å². The molecule has 0 saturated carbocycles. The third kappa shape index (κ3) is 0.724. The third-order valence-corrected chi connectivity index (χ3v) is 1.95.